The van der Waals surface area contributed by atoms with Crippen molar-refractivity contribution < 1.29 is 23.2 Å². The monoisotopic (exact) mass is 814 g/mol. The topological polar surface area (TPSA) is 61.8 Å². The van der Waals surface area contributed by atoms with Gasteiger partial charge in [0.05, 0.1) is 25.7 Å². The van der Waals surface area contributed by atoms with Crippen LogP contribution in [0.4, 0.5) is 0 Å². The molecule has 4 aromatic carbocycles. The molecule has 0 N–H and O–H groups in total. The molecule has 0 bridgehead atoms. The zero-order valence-electron chi connectivity index (χ0n) is 36.2. The maximum Gasteiger partial charge on any atom is 0.305 e. The van der Waals surface area contributed by atoms with E-state index in [4.69, 9.17) is 13.6 Å². The largest absolute Gasteiger partial charge is 0.469 e. The molecule has 4 aromatic rings. The van der Waals surface area contributed by atoms with Crippen molar-refractivity contribution >= 4 is 49.1 Å². The van der Waals surface area contributed by atoms with Crippen LogP contribution in [0.3, 0.4) is 0 Å². The van der Waals surface area contributed by atoms with E-state index in [9.17, 15) is 9.59 Å². The van der Waals surface area contributed by atoms with Crippen LogP contribution in [0.15, 0.2) is 146 Å². The van der Waals surface area contributed by atoms with E-state index in [1.54, 1.807) is 6.08 Å². The van der Waals surface area contributed by atoms with E-state index in [-0.39, 0.29) is 52.3 Å². The number of esters is 1. The number of ether oxygens (including phenoxy) is 1. The molecule has 5 rings (SSSR count). The molecule has 0 aliphatic heterocycles. The van der Waals surface area contributed by atoms with Gasteiger partial charge in [0.15, 0.2) is 5.78 Å². The van der Waals surface area contributed by atoms with Crippen molar-refractivity contribution in [3.63, 3.8) is 0 Å². The third kappa shape index (κ3) is 10.2. The fraction of sp³-hybridized carbons (Fsp3) is 0.412. The molecule has 1 fully saturated rings. The molecule has 7 heteroatoms. The van der Waals surface area contributed by atoms with Gasteiger partial charge in [0.2, 0.25) is 0 Å². The standard InChI is InChI=1S/C51H66O5Si2/c1-9-10-11-12-13-18-27-40(52)36-37-45-46(38-49(53)54-8)48(56-58(51(5,6)7,43-32-23-16-24-33-43)44-34-25-17-26-35-44)39-47(45)55-57(50(2,3)4,41-28-19-14-20-29-41)42-30-21-15-22-31-42/h13-26,28-37,45-48H,9-12,27,38-39H2,1-8H3/b18-13-,37-36+/t45-,46+,47-,48+/m1/s1. The molecular weight excluding hydrogens is 749 g/mol. The minimum atomic E-state index is -3.07. The number of benzene rings is 4. The summed E-state index contributed by atoms with van der Waals surface area (Å²) in [7, 11) is -4.69. The highest BCUT2D eigenvalue weighted by Gasteiger charge is 2.58. The maximum absolute atomic E-state index is 13.6. The molecule has 1 aliphatic carbocycles. The van der Waals surface area contributed by atoms with E-state index in [1.807, 2.05) is 12.2 Å². The van der Waals surface area contributed by atoms with Crippen molar-refractivity contribution in [1.82, 2.24) is 0 Å². The van der Waals surface area contributed by atoms with E-state index < -0.39 is 16.6 Å². The molecule has 0 radical (unpaired) electrons. The Morgan fingerprint density at radius 1 is 0.638 bits per heavy atom. The lowest BCUT2D eigenvalue weighted by molar-refractivity contribution is -0.142. The Kier molecular flexibility index (Phi) is 15.7. The summed E-state index contributed by atoms with van der Waals surface area (Å²) >= 11 is 0. The van der Waals surface area contributed by atoms with Gasteiger partial charge < -0.3 is 13.6 Å². The number of rotatable bonds is 18. The number of ketones is 1. The third-order valence-electron chi connectivity index (χ3n) is 12.0. The van der Waals surface area contributed by atoms with Crippen LogP contribution < -0.4 is 20.7 Å². The van der Waals surface area contributed by atoms with Crippen LogP contribution in [0, 0.1) is 11.8 Å². The van der Waals surface area contributed by atoms with Gasteiger partial charge in [0.1, 0.15) is 0 Å². The normalized spacial score (nSPS) is 19.2. The fourth-order valence-corrected chi connectivity index (χ4v) is 18.6. The smallest absolute Gasteiger partial charge is 0.305 e. The molecule has 1 saturated carbocycles. The predicted octanol–water partition coefficient (Wildman–Crippen LogP) is 9.73. The second kappa shape index (κ2) is 20.2. The fourth-order valence-electron chi connectivity index (χ4n) is 9.11. The van der Waals surface area contributed by atoms with Gasteiger partial charge in [0, 0.05) is 18.3 Å². The lowest BCUT2D eigenvalue weighted by Crippen LogP contribution is -2.68. The van der Waals surface area contributed by atoms with Crippen LogP contribution in [0.1, 0.15) is 93.4 Å². The average Bonchev–Trinajstić information content (AvgIpc) is 3.53. The first-order chi connectivity index (χ1) is 27.8. The Bertz CT molecular complexity index is 1850. The number of hydrogen-bond acceptors (Lipinski definition) is 5. The van der Waals surface area contributed by atoms with E-state index >= 15 is 0 Å². The second-order valence-electron chi connectivity index (χ2n) is 17.9. The van der Waals surface area contributed by atoms with Crippen molar-refractivity contribution in [2.24, 2.45) is 11.8 Å². The number of carbonyl (C=O) groups excluding carboxylic acids is 2. The van der Waals surface area contributed by atoms with Gasteiger partial charge in [-0.25, -0.2) is 0 Å². The summed E-state index contributed by atoms with van der Waals surface area (Å²) in [5, 5.41) is 4.15. The summed E-state index contributed by atoms with van der Waals surface area (Å²) in [6, 6.07) is 42.7. The maximum atomic E-state index is 13.6. The Balaban J connectivity index is 1.69. The van der Waals surface area contributed by atoms with Gasteiger partial charge >= 0.3 is 5.97 Å². The Morgan fingerprint density at radius 2 is 1.07 bits per heavy atom. The van der Waals surface area contributed by atoms with Crippen molar-refractivity contribution in [2.45, 2.75) is 116 Å². The molecular formula is C51H66O5Si2. The van der Waals surface area contributed by atoms with E-state index in [1.165, 1.54) is 40.7 Å². The number of methoxy groups -OCH3 is 1. The van der Waals surface area contributed by atoms with Gasteiger partial charge in [-0.15, -0.1) is 0 Å². The zero-order valence-corrected chi connectivity index (χ0v) is 38.2. The quantitative estimate of drug-likeness (QED) is 0.0329. The minimum Gasteiger partial charge on any atom is -0.469 e. The average molecular weight is 815 g/mol. The SMILES string of the molecule is CCCCC/C=C\CC(=O)/C=C/[C@@H]1[C@H](CC(=O)OC)[C@@H](O[Si](c2ccccc2)(c2ccccc2)C(C)(C)C)C[C@H]1O[Si](c1ccccc1)(c1ccccc1)C(C)(C)C. The number of unbranched alkanes of at least 4 members (excludes halogenated alkanes) is 3. The highest BCUT2D eigenvalue weighted by atomic mass is 28.4. The number of allylic oxidation sites excluding steroid dienone is 3. The van der Waals surface area contributed by atoms with Crippen LogP contribution in [0.5, 0.6) is 0 Å². The highest BCUT2D eigenvalue weighted by molar-refractivity contribution is 7.00. The molecule has 1 aliphatic rings. The highest BCUT2D eigenvalue weighted by Crippen LogP contribution is 2.48. The molecule has 0 amide bonds. The van der Waals surface area contributed by atoms with Crippen molar-refractivity contribution in [1.29, 1.82) is 0 Å². The molecule has 0 unspecified atom stereocenters. The third-order valence-corrected chi connectivity index (χ3v) is 22.1. The second-order valence-corrected chi connectivity index (χ2v) is 26.4. The van der Waals surface area contributed by atoms with Crippen molar-refractivity contribution in [2.75, 3.05) is 7.11 Å². The zero-order chi connectivity index (χ0) is 41.8. The van der Waals surface area contributed by atoms with Crippen LogP contribution >= 0.6 is 0 Å². The summed E-state index contributed by atoms with van der Waals surface area (Å²) in [6.07, 6.45) is 12.6. The van der Waals surface area contributed by atoms with E-state index in [0.717, 1.165) is 12.8 Å². The molecule has 4 atom stereocenters. The number of carbonyl (C=O) groups is 2. The van der Waals surface area contributed by atoms with Crippen LogP contribution in [-0.4, -0.2) is 47.7 Å². The Hall–Kier alpha value is -4.15. The van der Waals surface area contributed by atoms with Gasteiger partial charge in [-0.3, -0.25) is 9.59 Å². The van der Waals surface area contributed by atoms with Gasteiger partial charge in [0.25, 0.3) is 16.6 Å². The summed E-state index contributed by atoms with van der Waals surface area (Å²) in [5.74, 6) is -0.886. The van der Waals surface area contributed by atoms with E-state index in [0.29, 0.717) is 12.8 Å². The van der Waals surface area contributed by atoms with Crippen LogP contribution in [0.25, 0.3) is 0 Å². The Morgan fingerprint density at radius 3 is 1.47 bits per heavy atom. The minimum absolute atomic E-state index is 0.0316. The molecule has 5 nitrogen and oxygen atoms in total. The first-order valence-electron chi connectivity index (χ1n) is 21.3. The van der Waals surface area contributed by atoms with Gasteiger partial charge in [-0.2, -0.15) is 0 Å². The summed E-state index contributed by atoms with van der Waals surface area (Å²) < 4.78 is 21.3. The number of hydrogen-bond donors (Lipinski definition) is 0. The summed E-state index contributed by atoms with van der Waals surface area (Å²) in [6.45, 7) is 15.9. The first-order valence-corrected chi connectivity index (χ1v) is 25.1. The van der Waals surface area contributed by atoms with Gasteiger partial charge in [-0.1, -0.05) is 201 Å². The predicted molar refractivity (Wildman–Crippen MR) is 245 cm³/mol. The first kappa shape index (κ1) is 44.9. The lowest BCUT2D eigenvalue weighted by atomic mass is 9.90. The molecule has 0 spiro atoms. The van der Waals surface area contributed by atoms with Crippen LogP contribution in [0.2, 0.25) is 10.1 Å². The van der Waals surface area contributed by atoms with Crippen molar-refractivity contribution in [3.8, 4) is 0 Å². The van der Waals surface area contributed by atoms with E-state index in [2.05, 4.69) is 176 Å². The molecule has 58 heavy (non-hydrogen) atoms. The molecule has 0 aromatic heterocycles. The summed E-state index contributed by atoms with van der Waals surface area (Å²) in [5.41, 5.74) is 0. The lowest BCUT2D eigenvalue weighted by Gasteiger charge is -2.46. The molecule has 0 saturated heterocycles. The van der Waals surface area contributed by atoms with Crippen LogP contribution in [-0.2, 0) is 23.2 Å². The van der Waals surface area contributed by atoms with Gasteiger partial charge in [-0.05, 0) is 56.2 Å². The molecule has 0 heterocycles. The Labute approximate surface area is 351 Å². The molecule has 308 valence electrons. The summed E-state index contributed by atoms with van der Waals surface area (Å²) in [4.78, 5) is 27.1. The van der Waals surface area contributed by atoms with Crippen molar-refractivity contribution in [3.05, 3.63) is 146 Å².